The minimum absolute atomic E-state index is 0.110. The van der Waals surface area contributed by atoms with Gasteiger partial charge in [-0.3, -0.25) is 0 Å². The van der Waals surface area contributed by atoms with Gasteiger partial charge < -0.3 is 0 Å². The highest BCUT2D eigenvalue weighted by molar-refractivity contribution is 7.91. The van der Waals surface area contributed by atoms with Gasteiger partial charge in [0.15, 0.2) is 9.84 Å². The van der Waals surface area contributed by atoms with E-state index in [4.69, 9.17) is 0 Å². The fourth-order valence-corrected chi connectivity index (χ4v) is 3.71. The van der Waals surface area contributed by atoms with E-state index < -0.39 is 9.84 Å². The Balaban J connectivity index is 2.28. The highest BCUT2D eigenvalue weighted by Crippen LogP contribution is 2.14. The van der Waals surface area contributed by atoms with Crippen LogP contribution >= 0.6 is 0 Å². The molecule has 22 heavy (non-hydrogen) atoms. The van der Waals surface area contributed by atoms with Gasteiger partial charge in [0.2, 0.25) is 0 Å². The second-order valence-electron chi connectivity index (χ2n) is 6.02. The van der Waals surface area contributed by atoms with Crippen LogP contribution in [0.2, 0.25) is 0 Å². The molecule has 2 nitrogen and oxygen atoms in total. The van der Waals surface area contributed by atoms with Crippen LogP contribution in [-0.2, 0) is 9.84 Å². The molecule has 0 radical (unpaired) electrons. The molecular weight excluding hydrogens is 292 g/mol. The van der Waals surface area contributed by atoms with E-state index in [0.717, 1.165) is 6.42 Å². The van der Waals surface area contributed by atoms with Crippen molar-refractivity contribution < 1.29 is 8.42 Å². The molecule has 0 aliphatic heterocycles. The van der Waals surface area contributed by atoms with Crippen LogP contribution in [-0.4, -0.2) is 14.2 Å². The summed E-state index contributed by atoms with van der Waals surface area (Å²) in [7, 11) is -3.18. The zero-order chi connectivity index (χ0) is 16.3. The maximum atomic E-state index is 12.2. The number of benzene rings is 1. The quantitative estimate of drug-likeness (QED) is 0.395. The molecule has 124 valence electrons. The van der Waals surface area contributed by atoms with Crippen LogP contribution in [0.4, 0.5) is 0 Å². The summed E-state index contributed by atoms with van der Waals surface area (Å²) in [5.41, 5.74) is 1.19. The molecule has 0 N–H and O–H groups in total. The first-order valence-corrected chi connectivity index (χ1v) is 10.1. The smallest absolute Gasteiger partial charge is 0.181 e. The molecule has 0 aromatic heterocycles. The molecule has 0 saturated heterocycles. The lowest BCUT2D eigenvalue weighted by Gasteiger charge is -2.04. The van der Waals surface area contributed by atoms with Crippen molar-refractivity contribution in [1.82, 2.24) is 0 Å². The highest BCUT2D eigenvalue weighted by Gasteiger charge is 2.11. The number of sulfone groups is 1. The Kier molecular flexibility index (Phi) is 9.14. The molecule has 0 aliphatic carbocycles. The summed E-state index contributed by atoms with van der Waals surface area (Å²) >= 11 is 0. The fraction of sp³-hybridized carbons (Fsp3) is 0.579. The van der Waals surface area contributed by atoms with Crippen molar-refractivity contribution in [3.05, 3.63) is 42.0 Å². The fourth-order valence-electron chi connectivity index (χ4n) is 2.44. The molecule has 0 unspecified atom stereocenters. The van der Waals surface area contributed by atoms with Crippen LogP contribution in [0.1, 0.15) is 65.2 Å². The molecule has 0 fully saturated rings. The van der Waals surface area contributed by atoms with Crippen molar-refractivity contribution in [2.45, 2.75) is 70.1 Å². The van der Waals surface area contributed by atoms with Crippen LogP contribution < -0.4 is 0 Å². The van der Waals surface area contributed by atoms with Crippen molar-refractivity contribution >= 4 is 9.84 Å². The van der Waals surface area contributed by atoms with Crippen molar-refractivity contribution in [1.29, 1.82) is 0 Å². The summed E-state index contributed by atoms with van der Waals surface area (Å²) in [5, 5.41) is 0. The minimum Gasteiger partial charge on any atom is -0.223 e. The van der Waals surface area contributed by atoms with Crippen molar-refractivity contribution in [2.24, 2.45) is 0 Å². The van der Waals surface area contributed by atoms with Gasteiger partial charge in [0.05, 0.1) is 10.6 Å². The summed E-state index contributed by atoms with van der Waals surface area (Å²) in [6.07, 6.45) is 11.9. The average molecular weight is 323 g/mol. The molecular formula is C19H30O2S. The highest BCUT2D eigenvalue weighted by atomic mass is 32.2. The van der Waals surface area contributed by atoms with E-state index in [1.54, 1.807) is 24.3 Å². The van der Waals surface area contributed by atoms with Crippen LogP contribution in [0.25, 0.3) is 0 Å². The monoisotopic (exact) mass is 322 g/mol. The first kappa shape index (κ1) is 19.0. The first-order chi connectivity index (χ1) is 10.6. The van der Waals surface area contributed by atoms with Crippen molar-refractivity contribution in [3.8, 4) is 0 Å². The first-order valence-electron chi connectivity index (χ1n) is 8.49. The maximum absolute atomic E-state index is 12.2. The number of unbranched alkanes of at least 4 members (excludes halogenated alkanes) is 6. The topological polar surface area (TPSA) is 34.1 Å². The number of hydrogen-bond acceptors (Lipinski definition) is 2. The normalized spacial score (nSPS) is 12.5. The Morgan fingerprint density at radius 2 is 1.55 bits per heavy atom. The van der Waals surface area contributed by atoms with Crippen LogP contribution in [0.3, 0.4) is 0 Å². The molecule has 1 rings (SSSR count). The second-order valence-corrected chi connectivity index (χ2v) is 8.05. The van der Waals surface area contributed by atoms with Gasteiger partial charge in [-0.25, -0.2) is 8.42 Å². The van der Waals surface area contributed by atoms with Crippen molar-refractivity contribution in [3.63, 3.8) is 0 Å². The number of rotatable bonds is 11. The van der Waals surface area contributed by atoms with Crippen LogP contribution in [0, 0.1) is 0 Å². The molecule has 0 aliphatic rings. The molecule has 0 saturated carbocycles. The lowest BCUT2D eigenvalue weighted by atomic mass is 10.1. The predicted molar refractivity (Wildman–Crippen MR) is 94.9 cm³/mol. The van der Waals surface area contributed by atoms with E-state index in [0.29, 0.717) is 4.90 Å². The standard InChI is InChI=1S/C19H30O2S/c1-3-4-5-6-7-8-10-13-18(2)16-17-22(20,21)19-14-11-9-12-15-19/h9,11-12,14-16H,3-8,10,13,17H2,1-2H3/b18-16+. The molecule has 0 amide bonds. The lowest BCUT2D eigenvalue weighted by Crippen LogP contribution is -2.04. The van der Waals surface area contributed by atoms with Crippen molar-refractivity contribution in [2.75, 3.05) is 5.75 Å². The summed E-state index contributed by atoms with van der Waals surface area (Å²) in [6, 6.07) is 8.69. The predicted octanol–water partition coefficient (Wildman–Crippen LogP) is 5.55. The molecule has 1 aromatic carbocycles. The van der Waals surface area contributed by atoms with Gasteiger partial charge in [0.25, 0.3) is 0 Å². The van der Waals surface area contributed by atoms with Gasteiger partial charge in [0, 0.05) is 0 Å². The molecule has 0 bridgehead atoms. The summed E-state index contributed by atoms with van der Waals surface area (Å²) in [4.78, 5) is 0.412. The summed E-state index contributed by atoms with van der Waals surface area (Å²) < 4.78 is 24.3. The average Bonchev–Trinajstić information content (AvgIpc) is 2.53. The van der Waals surface area contributed by atoms with Crippen LogP contribution in [0.5, 0.6) is 0 Å². The Hall–Kier alpha value is -1.09. The summed E-state index contributed by atoms with van der Waals surface area (Å²) in [6.45, 7) is 4.27. The molecule has 0 heterocycles. The Labute approximate surface area is 136 Å². The molecule has 1 aromatic rings. The van der Waals surface area contributed by atoms with Gasteiger partial charge in [0.1, 0.15) is 0 Å². The van der Waals surface area contributed by atoms with E-state index in [1.807, 2.05) is 19.1 Å². The largest absolute Gasteiger partial charge is 0.223 e. The number of hydrogen-bond donors (Lipinski definition) is 0. The van der Waals surface area contributed by atoms with Gasteiger partial charge in [-0.15, -0.1) is 0 Å². The van der Waals surface area contributed by atoms with E-state index in [-0.39, 0.29) is 5.75 Å². The van der Waals surface area contributed by atoms with Gasteiger partial charge >= 0.3 is 0 Å². The third-order valence-corrected chi connectivity index (χ3v) is 5.52. The lowest BCUT2D eigenvalue weighted by molar-refractivity contribution is 0.588. The summed E-state index contributed by atoms with van der Waals surface area (Å²) in [5.74, 6) is 0.110. The zero-order valence-electron chi connectivity index (χ0n) is 14.1. The van der Waals surface area contributed by atoms with Gasteiger partial charge in [-0.2, -0.15) is 0 Å². The van der Waals surface area contributed by atoms with Crippen LogP contribution in [0.15, 0.2) is 46.9 Å². The van der Waals surface area contributed by atoms with Gasteiger partial charge in [-0.1, -0.05) is 75.3 Å². The van der Waals surface area contributed by atoms with E-state index in [1.165, 1.54) is 50.5 Å². The molecule has 0 atom stereocenters. The maximum Gasteiger partial charge on any atom is 0.181 e. The zero-order valence-corrected chi connectivity index (χ0v) is 14.9. The minimum atomic E-state index is -3.18. The Morgan fingerprint density at radius 3 is 2.18 bits per heavy atom. The molecule has 0 spiro atoms. The van der Waals surface area contributed by atoms with E-state index in [9.17, 15) is 8.42 Å². The van der Waals surface area contributed by atoms with E-state index >= 15 is 0 Å². The van der Waals surface area contributed by atoms with Gasteiger partial charge in [-0.05, 0) is 31.9 Å². The molecule has 3 heteroatoms. The third-order valence-electron chi connectivity index (χ3n) is 3.93. The third kappa shape index (κ3) is 7.79. The Bertz CT molecular complexity index is 530. The number of allylic oxidation sites excluding steroid dienone is 1. The second kappa shape index (κ2) is 10.6. The van der Waals surface area contributed by atoms with E-state index in [2.05, 4.69) is 6.92 Å². The Morgan fingerprint density at radius 1 is 0.955 bits per heavy atom. The SMILES string of the molecule is CCCCCCCCC/C(C)=C/CS(=O)(=O)c1ccccc1.